The van der Waals surface area contributed by atoms with Crippen molar-refractivity contribution in [2.75, 3.05) is 4.90 Å². The Hall–Kier alpha value is -8.51. The summed E-state index contributed by atoms with van der Waals surface area (Å²) in [5.41, 5.74) is 11.6. The highest BCUT2D eigenvalue weighted by atomic mass is 15.1. The van der Waals surface area contributed by atoms with E-state index in [9.17, 15) is 10.5 Å². The summed E-state index contributed by atoms with van der Waals surface area (Å²) in [4.78, 5) is 7.23. The molecule has 5 nitrogen and oxygen atoms in total. The summed E-state index contributed by atoms with van der Waals surface area (Å²) in [5, 5.41) is 28.5. The second-order valence-corrected chi connectivity index (χ2v) is 15.0. The summed E-state index contributed by atoms with van der Waals surface area (Å²) >= 11 is 0. The molecule has 0 saturated carbocycles. The van der Waals surface area contributed by atoms with Gasteiger partial charge in [-0.25, -0.2) is 0 Å². The molecule has 0 N–H and O–H groups in total. The maximum absolute atomic E-state index is 9.46. The van der Waals surface area contributed by atoms with Crippen molar-refractivity contribution < 1.29 is 0 Å². The minimum absolute atomic E-state index is 0.585. The van der Waals surface area contributed by atoms with Crippen molar-refractivity contribution in [1.29, 1.82) is 10.5 Å². The zero-order valence-electron chi connectivity index (χ0n) is 32.3. The predicted octanol–water partition coefficient (Wildman–Crippen LogP) is 14.1. The van der Waals surface area contributed by atoms with Gasteiger partial charge in [0, 0.05) is 33.4 Å². The van der Waals surface area contributed by atoms with Crippen molar-refractivity contribution in [3.63, 3.8) is 0 Å². The lowest BCUT2D eigenvalue weighted by Crippen LogP contribution is -2.10. The van der Waals surface area contributed by atoms with Gasteiger partial charge in [0.15, 0.2) is 0 Å². The number of nitriles is 2. The minimum Gasteiger partial charge on any atom is -0.309 e. The molecule has 2 aromatic heterocycles. The van der Waals surface area contributed by atoms with E-state index in [4.69, 9.17) is 4.98 Å². The topological polar surface area (TPSA) is 68.6 Å². The molecule has 0 amide bonds. The van der Waals surface area contributed by atoms with Crippen LogP contribution < -0.4 is 4.90 Å². The smallest absolute Gasteiger partial charge is 0.0991 e. The molecule has 0 bridgehead atoms. The van der Waals surface area contributed by atoms with Gasteiger partial charge in [0.2, 0.25) is 0 Å². The lowest BCUT2D eigenvalue weighted by molar-refractivity contribution is 1.18. The summed E-state index contributed by atoms with van der Waals surface area (Å²) < 4.78 is 2.40. The quantitative estimate of drug-likeness (QED) is 0.0921. The van der Waals surface area contributed by atoms with Gasteiger partial charge in [-0.1, -0.05) is 103 Å². The number of rotatable bonds is 7. The van der Waals surface area contributed by atoms with Crippen molar-refractivity contribution in [1.82, 2.24) is 9.55 Å². The molecule has 0 aliphatic rings. The number of hydrogen-bond acceptors (Lipinski definition) is 4. The summed E-state index contributed by atoms with van der Waals surface area (Å²) in [6, 6.07) is 67.2. The molecule has 0 radical (unpaired) electrons. The van der Waals surface area contributed by atoms with Crippen molar-refractivity contribution in [3.8, 4) is 29.1 Å². The SMILES string of the molecule is N#Cc1ccc(N(c2ccc(C#N)cc2)c2ccc(-c3c4ccccc4c(/C=C/c4cc5ccc6cccc7c6c5c(c4)n7-c4ccccc4)c4ccccc34)nc2)cc1. The van der Waals surface area contributed by atoms with Gasteiger partial charge in [-0.2, -0.15) is 10.5 Å². The standard InChI is InChI=1S/C55H33N5/c56-33-36-17-24-42(25-18-36)59(43-26-19-37(34-57)20-27-43)44-28-30-50(58-35-44)55-48-14-6-4-12-45(48)47(46-13-5-7-15-49(46)55)29-21-38-31-40-23-22-39-9-8-16-51-53(39)54(40)52(32-38)60(51)41-10-2-1-3-11-41/h1-32,35H/b29-21+. The van der Waals surface area contributed by atoms with E-state index in [-0.39, 0.29) is 0 Å². The van der Waals surface area contributed by atoms with Gasteiger partial charge in [0.25, 0.3) is 0 Å². The van der Waals surface area contributed by atoms with Crippen LogP contribution in [0.2, 0.25) is 0 Å². The highest BCUT2D eigenvalue weighted by molar-refractivity contribution is 6.25. The highest BCUT2D eigenvalue weighted by Crippen LogP contribution is 2.43. The minimum atomic E-state index is 0.585. The number of pyridine rings is 1. The fourth-order valence-corrected chi connectivity index (χ4v) is 8.95. The molecule has 0 unspecified atom stereocenters. The van der Waals surface area contributed by atoms with E-state index in [1.54, 1.807) is 0 Å². The number of anilines is 3. The molecule has 11 aromatic rings. The van der Waals surface area contributed by atoms with Gasteiger partial charge in [-0.05, 0) is 134 Å². The maximum atomic E-state index is 9.46. The molecule has 0 saturated heterocycles. The number of para-hydroxylation sites is 1. The first-order valence-electron chi connectivity index (χ1n) is 19.9. The third kappa shape index (κ3) is 5.65. The Labute approximate surface area is 346 Å². The van der Waals surface area contributed by atoms with Gasteiger partial charge < -0.3 is 9.47 Å². The molecular formula is C55H33N5. The Bertz CT molecular complexity index is 3420. The lowest BCUT2D eigenvalue weighted by atomic mass is 9.89. The predicted molar refractivity (Wildman–Crippen MR) is 247 cm³/mol. The van der Waals surface area contributed by atoms with E-state index >= 15 is 0 Å². The third-order valence-corrected chi connectivity index (χ3v) is 11.6. The largest absolute Gasteiger partial charge is 0.309 e. The Balaban J connectivity index is 1.04. The monoisotopic (exact) mass is 763 g/mol. The highest BCUT2D eigenvalue weighted by Gasteiger charge is 2.19. The fraction of sp³-hybridized carbons (Fsp3) is 0. The van der Waals surface area contributed by atoms with Crippen LogP contribution in [0, 0.1) is 22.7 Å². The van der Waals surface area contributed by atoms with E-state index in [0.717, 1.165) is 66.7 Å². The van der Waals surface area contributed by atoms with Gasteiger partial charge in [0.05, 0.1) is 51.9 Å². The number of fused-ring (bicyclic) bond motifs is 2. The molecule has 2 heterocycles. The molecule has 60 heavy (non-hydrogen) atoms. The normalized spacial score (nSPS) is 11.6. The van der Waals surface area contributed by atoms with Crippen molar-refractivity contribution >= 4 is 83.3 Å². The van der Waals surface area contributed by atoms with E-state index in [2.05, 4.69) is 167 Å². The Morgan fingerprint density at radius 3 is 1.68 bits per heavy atom. The van der Waals surface area contributed by atoms with Crippen molar-refractivity contribution in [3.05, 3.63) is 210 Å². The molecule has 0 aliphatic heterocycles. The fourth-order valence-electron chi connectivity index (χ4n) is 8.95. The summed E-state index contributed by atoms with van der Waals surface area (Å²) in [6.07, 6.45) is 6.44. The Morgan fingerprint density at radius 1 is 0.483 bits per heavy atom. The molecule has 278 valence electrons. The first kappa shape index (κ1) is 34.7. The van der Waals surface area contributed by atoms with Crippen LogP contribution in [-0.4, -0.2) is 9.55 Å². The van der Waals surface area contributed by atoms with E-state index in [0.29, 0.717) is 11.1 Å². The van der Waals surface area contributed by atoms with E-state index < -0.39 is 0 Å². The zero-order valence-corrected chi connectivity index (χ0v) is 32.3. The number of benzene rings is 9. The second-order valence-electron chi connectivity index (χ2n) is 15.0. The van der Waals surface area contributed by atoms with Crippen LogP contribution >= 0.6 is 0 Å². The zero-order chi connectivity index (χ0) is 40.2. The average molecular weight is 764 g/mol. The molecule has 9 aromatic carbocycles. The average Bonchev–Trinajstić information content (AvgIpc) is 3.66. The maximum Gasteiger partial charge on any atom is 0.0991 e. The Morgan fingerprint density at radius 2 is 1.07 bits per heavy atom. The van der Waals surface area contributed by atoms with Gasteiger partial charge >= 0.3 is 0 Å². The molecule has 11 rings (SSSR count). The van der Waals surface area contributed by atoms with Crippen LogP contribution in [0.5, 0.6) is 0 Å². The van der Waals surface area contributed by atoms with Crippen LogP contribution in [0.15, 0.2) is 188 Å². The first-order chi connectivity index (χ1) is 29.7. The Kier molecular flexibility index (Phi) is 8.19. The van der Waals surface area contributed by atoms with Crippen LogP contribution in [0.25, 0.3) is 83.2 Å². The summed E-state index contributed by atoms with van der Waals surface area (Å²) in [5.74, 6) is 0. The molecule has 0 fully saturated rings. The van der Waals surface area contributed by atoms with Crippen LogP contribution in [0.3, 0.4) is 0 Å². The molecule has 0 spiro atoms. The number of aromatic nitrogens is 2. The molecule has 0 atom stereocenters. The third-order valence-electron chi connectivity index (χ3n) is 11.6. The van der Waals surface area contributed by atoms with Crippen molar-refractivity contribution in [2.24, 2.45) is 0 Å². The van der Waals surface area contributed by atoms with Crippen LogP contribution in [-0.2, 0) is 0 Å². The van der Waals surface area contributed by atoms with E-state index in [1.165, 1.54) is 32.6 Å². The summed E-state index contributed by atoms with van der Waals surface area (Å²) in [6.45, 7) is 0. The summed E-state index contributed by atoms with van der Waals surface area (Å²) in [7, 11) is 0. The van der Waals surface area contributed by atoms with Gasteiger partial charge in [-0.3, -0.25) is 4.98 Å². The van der Waals surface area contributed by atoms with Gasteiger partial charge in [-0.15, -0.1) is 0 Å². The van der Waals surface area contributed by atoms with Crippen molar-refractivity contribution in [2.45, 2.75) is 0 Å². The first-order valence-corrected chi connectivity index (χ1v) is 19.9. The molecule has 5 heteroatoms. The second kappa shape index (κ2) is 14.1. The molecule has 0 aliphatic carbocycles. The van der Waals surface area contributed by atoms with Crippen LogP contribution in [0.4, 0.5) is 17.1 Å². The van der Waals surface area contributed by atoms with Crippen LogP contribution in [0.1, 0.15) is 22.3 Å². The lowest BCUT2D eigenvalue weighted by Gasteiger charge is -2.25. The molecular weight excluding hydrogens is 731 g/mol. The number of nitrogens with zero attached hydrogens (tertiary/aromatic N) is 5. The number of hydrogen-bond donors (Lipinski definition) is 0. The van der Waals surface area contributed by atoms with Gasteiger partial charge in [0.1, 0.15) is 0 Å². The van der Waals surface area contributed by atoms with E-state index in [1.807, 2.05) is 54.7 Å².